The summed E-state index contributed by atoms with van der Waals surface area (Å²) in [5.74, 6) is -0.136. The predicted octanol–water partition coefficient (Wildman–Crippen LogP) is 3.19. The maximum Gasteiger partial charge on any atom is 0.258 e. The summed E-state index contributed by atoms with van der Waals surface area (Å²) in [4.78, 5) is 22.8. The van der Waals surface area contributed by atoms with Crippen molar-refractivity contribution >= 4 is 31.9 Å². The van der Waals surface area contributed by atoms with Crippen molar-refractivity contribution in [2.75, 3.05) is 0 Å². The second-order valence-corrected chi connectivity index (χ2v) is 6.06. The van der Waals surface area contributed by atoms with E-state index in [4.69, 9.17) is 0 Å². The van der Waals surface area contributed by atoms with Gasteiger partial charge in [-0.3, -0.25) is 9.78 Å². The second-order valence-electron chi connectivity index (χ2n) is 4.29. The summed E-state index contributed by atoms with van der Waals surface area (Å²) in [7, 11) is 0. The third kappa shape index (κ3) is 2.87. The van der Waals surface area contributed by atoms with Gasteiger partial charge in [0.15, 0.2) is 5.82 Å². The molecule has 0 spiro atoms. The highest BCUT2D eigenvalue weighted by Crippen LogP contribution is 2.27. The molecule has 2 rings (SSSR count). The molecule has 0 atom stereocenters. The molecule has 5 nitrogen and oxygen atoms in total. The molecule has 2 aromatic rings. The lowest BCUT2D eigenvalue weighted by atomic mass is 10.1. The van der Waals surface area contributed by atoms with E-state index in [1.807, 2.05) is 13.8 Å². The molecule has 0 fully saturated rings. The lowest BCUT2D eigenvalue weighted by Gasteiger charge is -2.08. The Morgan fingerprint density at radius 1 is 1.37 bits per heavy atom. The van der Waals surface area contributed by atoms with Crippen LogP contribution in [0.4, 0.5) is 0 Å². The summed E-state index contributed by atoms with van der Waals surface area (Å²) in [6.45, 7) is 3.64. The fraction of sp³-hybridized carbons (Fsp3) is 0.250. The predicted molar refractivity (Wildman–Crippen MR) is 79.2 cm³/mol. The Kier molecular flexibility index (Phi) is 4.05. The number of hydrogen-bond acceptors (Lipinski definition) is 4. The van der Waals surface area contributed by atoms with Crippen LogP contribution < -0.4 is 5.56 Å². The zero-order valence-corrected chi connectivity index (χ0v) is 13.4. The standard InChI is InChI=1S/C12H11Br2N3O2/c1-5(2)8-11(18)16-10(17-12(8)19)9-7(14)3-6(13)4-15-9/h3-5H,1-2H3,(H2,16,17,18,19). The van der Waals surface area contributed by atoms with Gasteiger partial charge in [0.25, 0.3) is 5.56 Å². The molecule has 0 aliphatic carbocycles. The fourth-order valence-electron chi connectivity index (χ4n) is 1.69. The highest BCUT2D eigenvalue weighted by Gasteiger charge is 2.16. The van der Waals surface area contributed by atoms with E-state index in [0.29, 0.717) is 10.2 Å². The molecule has 0 amide bonds. The van der Waals surface area contributed by atoms with Gasteiger partial charge in [-0.05, 0) is 43.8 Å². The number of H-pyrrole nitrogens is 1. The average Bonchev–Trinajstić information content (AvgIpc) is 2.26. The molecule has 0 saturated carbocycles. The maximum atomic E-state index is 11.9. The normalized spacial score (nSPS) is 11.0. The van der Waals surface area contributed by atoms with Crippen LogP contribution in [0, 0.1) is 0 Å². The first kappa shape index (κ1) is 14.2. The van der Waals surface area contributed by atoms with Gasteiger partial charge in [-0.25, -0.2) is 0 Å². The van der Waals surface area contributed by atoms with Crippen molar-refractivity contribution in [2.24, 2.45) is 0 Å². The van der Waals surface area contributed by atoms with Gasteiger partial charge in [-0.2, -0.15) is 4.98 Å². The van der Waals surface area contributed by atoms with Crippen LogP contribution in [0.5, 0.6) is 5.88 Å². The smallest absolute Gasteiger partial charge is 0.258 e. The number of nitrogens with zero attached hydrogens (tertiary/aromatic N) is 2. The summed E-state index contributed by atoms with van der Waals surface area (Å²) in [5.41, 5.74) is 0.386. The molecular weight excluding hydrogens is 378 g/mol. The van der Waals surface area contributed by atoms with Crippen LogP contribution in [0.15, 0.2) is 26.0 Å². The molecule has 0 bridgehead atoms. The Hall–Kier alpha value is -1.21. The van der Waals surface area contributed by atoms with Crippen LogP contribution in [0.3, 0.4) is 0 Å². The van der Waals surface area contributed by atoms with E-state index >= 15 is 0 Å². The van der Waals surface area contributed by atoms with E-state index < -0.39 is 0 Å². The molecule has 0 saturated heterocycles. The highest BCUT2D eigenvalue weighted by atomic mass is 79.9. The van der Waals surface area contributed by atoms with Gasteiger partial charge in [-0.15, -0.1) is 0 Å². The van der Waals surface area contributed by atoms with Gasteiger partial charge in [-0.1, -0.05) is 13.8 Å². The molecule has 7 heteroatoms. The Bertz CT molecular complexity index is 683. The van der Waals surface area contributed by atoms with Gasteiger partial charge >= 0.3 is 0 Å². The number of aromatic amines is 1. The van der Waals surface area contributed by atoms with Gasteiger partial charge in [0.1, 0.15) is 5.69 Å². The molecule has 0 aromatic carbocycles. The minimum Gasteiger partial charge on any atom is -0.493 e. The SMILES string of the molecule is CC(C)c1c(O)nc(-c2ncc(Br)cc2Br)[nH]c1=O. The van der Waals surface area contributed by atoms with Crippen molar-refractivity contribution in [1.82, 2.24) is 15.0 Å². The van der Waals surface area contributed by atoms with Crippen LogP contribution in [0.1, 0.15) is 25.3 Å². The van der Waals surface area contributed by atoms with E-state index in [1.165, 1.54) is 0 Å². The van der Waals surface area contributed by atoms with Gasteiger partial charge in [0, 0.05) is 15.1 Å². The molecule has 2 heterocycles. The summed E-state index contributed by atoms with van der Waals surface area (Å²) in [6.07, 6.45) is 1.59. The number of hydrogen-bond donors (Lipinski definition) is 2. The van der Waals surface area contributed by atoms with E-state index in [9.17, 15) is 9.90 Å². The summed E-state index contributed by atoms with van der Waals surface area (Å²) in [6, 6.07) is 1.79. The van der Waals surface area contributed by atoms with Crippen molar-refractivity contribution in [3.63, 3.8) is 0 Å². The number of aromatic nitrogens is 3. The van der Waals surface area contributed by atoms with E-state index in [-0.39, 0.29) is 28.7 Å². The van der Waals surface area contributed by atoms with E-state index in [2.05, 4.69) is 46.8 Å². The van der Waals surface area contributed by atoms with Crippen LogP contribution in [0.25, 0.3) is 11.5 Å². The maximum absolute atomic E-state index is 11.9. The minimum absolute atomic E-state index is 0.105. The zero-order valence-electron chi connectivity index (χ0n) is 10.2. The van der Waals surface area contributed by atoms with Crippen LogP contribution in [0.2, 0.25) is 0 Å². The molecule has 0 unspecified atom stereocenters. The fourth-order valence-corrected chi connectivity index (χ4v) is 2.87. The van der Waals surface area contributed by atoms with Crippen LogP contribution in [-0.4, -0.2) is 20.1 Å². The highest BCUT2D eigenvalue weighted by molar-refractivity contribution is 9.11. The number of aromatic hydroxyl groups is 1. The Balaban J connectivity index is 2.62. The summed E-state index contributed by atoms with van der Waals surface area (Å²) in [5, 5.41) is 9.87. The number of halogens is 2. The van der Waals surface area contributed by atoms with E-state index in [1.54, 1.807) is 12.3 Å². The molecule has 0 radical (unpaired) electrons. The third-order valence-corrected chi connectivity index (χ3v) is 3.58. The molecule has 19 heavy (non-hydrogen) atoms. The summed E-state index contributed by atoms with van der Waals surface area (Å²) >= 11 is 6.64. The van der Waals surface area contributed by atoms with Gasteiger partial charge in [0.2, 0.25) is 5.88 Å². The van der Waals surface area contributed by atoms with E-state index in [0.717, 1.165) is 4.47 Å². The molecule has 2 N–H and O–H groups in total. The second kappa shape index (κ2) is 5.42. The Morgan fingerprint density at radius 2 is 2.05 bits per heavy atom. The average molecular weight is 389 g/mol. The first-order valence-electron chi connectivity index (χ1n) is 5.54. The molecular formula is C12H11Br2N3O2. The van der Waals surface area contributed by atoms with Crippen molar-refractivity contribution in [3.05, 3.63) is 37.1 Å². The van der Waals surface area contributed by atoms with Gasteiger partial charge < -0.3 is 10.1 Å². The third-order valence-electron chi connectivity index (χ3n) is 2.54. The molecule has 100 valence electrons. The Labute approximate surface area is 126 Å². The zero-order chi connectivity index (χ0) is 14.2. The number of pyridine rings is 1. The lowest BCUT2D eigenvalue weighted by Crippen LogP contribution is -2.16. The van der Waals surface area contributed by atoms with Crippen molar-refractivity contribution < 1.29 is 5.11 Å². The summed E-state index contributed by atoms with van der Waals surface area (Å²) < 4.78 is 1.47. The number of rotatable bonds is 2. The van der Waals surface area contributed by atoms with Gasteiger partial charge in [0.05, 0.1) is 5.56 Å². The van der Waals surface area contributed by atoms with Crippen molar-refractivity contribution in [3.8, 4) is 17.4 Å². The van der Waals surface area contributed by atoms with Crippen molar-refractivity contribution in [2.45, 2.75) is 19.8 Å². The lowest BCUT2D eigenvalue weighted by molar-refractivity contribution is 0.440. The van der Waals surface area contributed by atoms with Crippen molar-refractivity contribution in [1.29, 1.82) is 0 Å². The first-order chi connectivity index (χ1) is 8.90. The molecule has 0 aliphatic heterocycles. The molecule has 0 aliphatic rings. The molecule has 2 aromatic heterocycles. The van der Waals surface area contributed by atoms with Crippen LogP contribution in [-0.2, 0) is 0 Å². The topological polar surface area (TPSA) is 78.9 Å². The monoisotopic (exact) mass is 387 g/mol. The number of nitrogens with one attached hydrogen (secondary N) is 1. The first-order valence-corrected chi connectivity index (χ1v) is 7.13. The minimum atomic E-state index is -0.353. The Morgan fingerprint density at radius 3 is 2.58 bits per heavy atom. The quantitative estimate of drug-likeness (QED) is 0.827. The van der Waals surface area contributed by atoms with Crippen LogP contribution >= 0.6 is 31.9 Å². The largest absolute Gasteiger partial charge is 0.493 e.